The highest BCUT2D eigenvalue weighted by atomic mass is 127. The maximum absolute atomic E-state index is 11.9. The number of aliphatic imine (C=N–C) groups is 1. The molecule has 1 saturated heterocycles. The minimum atomic E-state index is 0. The number of benzene rings is 1. The Morgan fingerprint density at radius 1 is 1.32 bits per heavy atom. The molecule has 1 aliphatic heterocycles. The van der Waals surface area contributed by atoms with Crippen LogP contribution >= 0.6 is 24.0 Å². The predicted octanol–water partition coefficient (Wildman–Crippen LogP) is 2.69. The molecule has 0 saturated carbocycles. The fraction of sp³-hybridized carbons (Fsp3) is 0.619. The monoisotopic (exact) mass is 501 g/mol. The average Bonchev–Trinajstić information content (AvgIpc) is 3.14. The largest absolute Gasteiger partial charge is 0.357 e. The third-order valence-corrected chi connectivity index (χ3v) is 5.07. The molecule has 1 aliphatic rings. The summed E-state index contributed by atoms with van der Waals surface area (Å²) in [6, 6.07) is 11.1. The van der Waals surface area contributed by atoms with Gasteiger partial charge in [0.2, 0.25) is 5.91 Å². The number of carbonyl (C=O) groups is 1. The van der Waals surface area contributed by atoms with E-state index in [2.05, 4.69) is 60.7 Å². The van der Waals surface area contributed by atoms with Crippen LogP contribution in [0.15, 0.2) is 35.3 Å². The fourth-order valence-electron chi connectivity index (χ4n) is 3.23. The molecule has 2 atom stereocenters. The summed E-state index contributed by atoms with van der Waals surface area (Å²) in [6.45, 7) is 10.3. The van der Waals surface area contributed by atoms with Crippen molar-refractivity contribution < 1.29 is 4.79 Å². The molecule has 0 spiro atoms. The summed E-state index contributed by atoms with van der Waals surface area (Å²) in [4.78, 5) is 20.9. The van der Waals surface area contributed by atoms with Gasteiger partial charge in [0.15, 0.2) is 5.96 Å². The quantitative estimate of drug-likeness (QED) is 0.327. The molecule has 0 aromatic heterocycles. The number of halogens is 1. The first-order valence-electron chi connectivity index (χ1n) is 10.1. The zero-order valence-electron chi connectivity index (χ0n) is 17.6. The SMILES string of the molecule is CCNC(=NCC(C)N(C)Cc1ccccc1)NC1CCN(C(=O)CC)C1.I. The van der Waals surface area contributed by atoms with E-state index in [0.717, 1.165) is 45.1 Å². The summed E-state index contributed by atoms with van der Waals surface area (Å²) >= 11 is 0. The van der Waals surface area contributed by atoms with Crippen LogP contribution in [0.2, 0.25) is 0 Å². The third kappa shape index (κ3) is 7.95. The molecule has 28 heavy (non-hydrogen) atoms. The molecule has 1 aromatic carbocycles. The normalized spacial score (nSPS) is 18.0. The lowest BCUT2D eigenvalue weighted by atomic mass is 10.2. The van der Waals surface area contributed by atoms with Crippen LogP contribution in [0.3, 0.4) is 0 Å². The number of amides is 1. The second-order valence-corrected chi connectivity index (χ2v) is 7.29. The number of hydrogen-bond acceptors (Lipinski definition) is 3. The van der Waals surface area contributed by atoms with Crippen LogP contribution in [-0.2, 0) is 11.3 Å². The predicted molar refractivity (Wildman–Crippen MR) is 127 cm³/mol. The van der Waals surface area contributed by atoms with E-state index in [4.69, 9.17) is 4.99 Å². The molecule has 1 heterocycles. The molecule has 0 bridgehead atoms. The minimum Gasteiger partial charge on any atom is -0.357 e. The van der Waals surface area contributed by atoms with Gasteiger partial charge in [0.1, 0.15) is 0 Å². The topological polar surface area (TPSA) is 60.0 Å². The van der Waals surface area contributed by atoms with Crippen LogP contribution in [-0.4, -0.2) is 67.0 Å². The Morgan fingerprint density at radius 3 is 2.68 bits per heavy atom. The third-order valence-electron chi connectivity index (χ3n) is 5.07. The van der Waals surface area contributed by atoms with Gasteiger partial charge in [0.25, 0.3) is 0 Å². The summed E-state index contributed by atoms with van der Waals surface area (Å²) < 4.78 is 0. The maximum atomic E-state index is 11.9. The Hall–Kier alpha value is -1.35. The second kappa shape index (κ2) is 13.0. The van der Waals surface area contributed by atoms with Crippen molar-refractivity contribution in [2.75, 3.05) is 33.2 Å². The van der Waals surface area contributed by atoms with Gasteiger partial charge >= 0.3 is 0 Å². The van der Waals surface area contributed by atoms with Crippen LogP contribution in [0.4, 0.5) is 0 Å². The van der Waals surface area contributed by atoms with Crippen molar-refractivity contribution in [1.29, 1.82) is 0 Å². The molecular weight excluding hydrogens is 465 g/mol. The lowest BCUT2D eigenvalue weighted by Crippen LogP contribution is -2.45. The Balaban J connectivity index is 0.00000392. The van der Waals surface area contributed by atoms with E-state index < -0.39 is 0 Å². The lowest BCUT2D eigenvalue weighted by molar-refractivity contribution is -0.129. The molecule has 0 aliphatic carbocycles. The van der Waals surface area contributed by atoms with Crippen molar-refractivity contribution in [3.63, 3.8) is 0 Å². The van der Waals surface area contributed by atoms with Gasteiger partial charge in [0, 0.05) is 44.7 Å². The van der Waals surface area contributed by atoms with Gasteiger partial charge in [0.05, 0.1) is 6.54 Å². The molecule has 1 aromatic rings. The smallest absolute Gasteiger partial charge is 0.222 e. The number of hydrogen-bond donors (Lipinski definition) is 2. The van der Waals surface area contributed by atoms with Crippen LogP contribution in [0.1, 0.15) is 39.2 Å². The summed E-state index contributed by atoms with van der Waals surface area (Å²) in [7, 11) is 2.14. The van der Waals surface area contributed by atoms with Gasteiger partial charge < -0.3 is 15.5 Å². The lowest BCUT2D eigenvalue weighted by Gasteiger charge is -2.24. The van der Waals surface area contributed by atoms with Gasteiger partial charge in [-0.25, -0.2) is 0 Å². The van der Waals surface area contributed by atoms with Crippen molar-refractivity contribution in [3.05, 3.63) is 35.9 Å². The molecule has 1 fully saturated rings. The number of likely N-dealkylation sites (tertiary alicyclic amines) is 1. The Bertz CT molecular complexity index is 610. The first-order chi connectivity index (χ1) is 13.0. The maximum Gasteiger partial charge on any atom is 0.222 e. The molecular formula is C21H36IN5O. The van der Waals surface area contributed by atoms with E-state index in [0.29, 0.717) is 12.5 Å². The average molecular weight is 501 g/mol. The van der Waals surface area contributed by atoms with Crippen molar-refractivity contribution in [1.82, 2.24) is 20.4 Å². The second-order valence-electron chi connectivity index (χ2n) is 7.29. The number of rotatable bonds is 8. The van der Waals surface area contributed by atoms with Gasteiger partial charge in [-0.1, -0.05) is 37.3 Å². The first kappa shape index (κ1) is 24.7. The van der Waals surface area contributed by atoms with Crippen LogP contribution in [0, 0.1) is 0 Å². The highest BCUT2D eigenvalue weighted by Gasteiger charge is 2.25. The molecule has 1 amide bonds. The summed E-state index contributed by atoms with van der Waals surface area (Å²) in [5.74, 6) is 1.07. The molecule has 6 nitrogen and oxygen atoms in total. The van der Waals surface area contributed by atoms with Crippen molar-refractivity contribution in [3.8, 4) is 0 Å². The van der Waals surface area contributed by atoms with E-state index in [1.807, 2.05) is 17.9 Å². The van der Waals surface area contributed by atoms with Crippen LogP contribution < -0.4 is 10.6 Å². The van der Waals surface area contributed by atoms with Crippen molar-refractivity contribution in [2.45, 2.75) is 52.2 Å². The summed E-state index contributed by atoms with van der Waals surface area (Å²) in [5.41, 5.74) is 1.31. The molecule has 2 rings (SSSR count). The summed E-state index contributed by atoms with van der Waals surface area (Å²) in [5, 5.41) is 6.82. The van der Waals surface area contributed by atoms with E-state index in [1.54, 1.807) is 0 Å². The van der Waals surface area contributed by atoms with Crippen molar-refractivity contribution >= 4 is 35.8 Å². The molecule has 7 heteroatoms. The minimum absolute atomic E-state index is 0. The molecule has 2 unspecified atom stereocenters. The highest BCUT2D eigenvalue weighted by Crippen LogP contribution is 2.10. The molecule has 158 valence electrons. The Kier molecular flexibility index (Phi) is 11.4. The number of likely N-dealkylation sites (N-methyl/N-ethyl adjacent to an activating group) is 1. The molecule has 0 radical (unpaired) electrons. The Morgan fingerprint density at radius 2 is 2.04 bits per heavy atom. The van der Waals surface area contributed by atoms with E-state index in [-0.39, 0.29) is 35.9 Å². The number of nitrogens with zero attached hydrogens (tertiary/aromatic N) is 3. The van der Waals surface area contributed by atoms with Crippen LogP contribution in [0.25, 0.3) is 0 Å². The molecule has 2 N–H and O–H groups in total. The first-order valence-corrected chi connectivity index (χ1v) is 10.1. The van der Waals surface area contributed by atoms with E-state index in [1.165, 1.54) is 5.56 Å². The standard InChI is InChI=1S/C21H35N5O.HI/c1-5-20(27)26-13-12-19(16-26)24-21(22-6-2)23-14-17(3)25(4)15-18-10-8-7-9-11-18;/h7-11,17,19H,5-6,12-16H2,1-4H3,(H2,22,23,24);1H. The Labute approximate surface area is 187 Å². The van der Waals surface area contributed by atoms with E-state index in [9.17, 15) is 4.79 Å². The zero-order valence-corrected chi connectivity index (χ0v) is 20.0. The number of nitrogens with one attached hydrogen (secondary N) is 2. The summed E-state index contributed by atoms with van der Waals surface area (Å²) in [6.07, 6.45) is 1.55. The highest BCUT2D eigenvalue weighted by molar-refractivity contribution is 14.0. The van der Waals surface area contributed by atoms with Gasteiger partial charge in [-0.3, -0.25) is 14.7 Å². The number of guanidine groups is 1. The number of carbonyl (C=O) groups excluding carboxylic acids is 1. The van der Waals surface area contributed by atoms with Gasteiger partial charge in [-0.2, -0.15) is 0 Å². The van der Waals surface area contributed by atoms with Crippen molar-refractivity contribution in [2.24, 2.45) is 4.99 Å². The van der Waals surface area contributed by atoms with Crippen LogP contribution in [0.5, 0.6) is 0 Å². The zero-order chi connectivity index (χ0) is 19.6. The fourth-order valence-corrected chi connectivity index (χ4v) is 3.23. The van der Waals surface area contributed by atoms with E-state index >= 15 is 0 Å². The van der Waals surface area contributed by atoms with Gasteiger partial charge in [-0.05, 0) is 32.9 Å². The van der Waals surface area contributed by atoms with Gasteiger partial charge in [-0.15, -0.1) is 24.0 Å².